The second-order valence-corrected chi connectivity index (χ2v) is 2.74. The lowest BCUT2D eigenvalue weighted by Gasteiger charge is -1.92. The Bertz CT molecular complexity index is 438. The minimum atomic E-state index is -0.370. The summed E-state index contributed by atoms with van der Waals surface area (Å²) in [4.78, 5) is 0. The molecule has 2 rings (SSSR count). The van der Waals surface area contributed by atoms with E-state index in [1.807, 2.05) is 0 Å². The standard InChI is InChI=1S/C8H8FN3.ClH/c1-12-4-5-2-6(10)3-7(9)8(5)11-12;/h2-4H,10H2,1H3;1H. The molecule has 0 spiro atoms. The Morgan fingerprint density at radius 3 is 2.85 bits per heavy atom. The normalized spacial score (nSPS) is 10.0. The van der Waals surface area contributed by atoms with Crippen molar-refractivity contribution in [2.24, 2.45) is 7.05 Å². The van der Waals surface area contributed by atoms with E-state index < -0.39 is 0 Å². The summed E-state index contributed by atoms with van der Waals surface area (Å²) in [5.74, 6) is -0.370. The van der Waals surface area contributed by atoms with Crippen LogP contribution in [0.2, 0.25) is 0 Å². The van der Waals surface area contributed by atoms with Gasteiger partial charge in [-0.05, 0) is 12.1 Å². The van der Waals surface area contributed by atoms with Gasteiger partial charge in [0.25, 0.3) is 0 Å². The highest BCUT2D eigenvalue weighted by atomic mass is 35.5. The number of rotatable bonds is 0. The van der Waals surface area contributed by atoms with Crippen molar-refractivity contribution in [3.8, 4) is 0 Å². The molecule has 0 radical (unpaired) electrons. The van der Waals surface area contributed by atoms with Gasteiger partial charge in [0.05, 0.1) is 0 Å². The van der Waals surface area contributed by atoms with E-state index in [0.717, 1.165) is 5.39 Å². The van der Waals surface area contributed by atoms with E-state index in [4.69, 9.17) is 5.73 Å². The SMILES string of the molecule is Cl.Cn1cc2cc(N)cc(F)c2n1. The van der Waals surface area contributed by atoms with Crippen LogP contribution in [-0.2, 0) is 7.05 Å². The third kappa shape index (κ3) is 1.58. The van der Waals surface area contributed by atoms with E-state index >= 15 is 0 Å². The first-order chi connectivity index (χ1) is 5.66. The number of aryl methyl sites for hydroxylation is 1. The van der Waals surface area contributed by atoms with Crippen LogP contribution in [0.4, 0.5) is 10.1 Å². The number of nitrogen functional groups attached to an aromatic ring is 1. The summed E-state index contributed by atoms with van der Waals surface area (Å²) in [6.45, 7) is 0. The van der Waals surface area contributed by atoms with Crippen LogP contribution in [0.1, 0.15) is 0 Å². The van der Waals surface area contributed by atoms with Crippen molar-refractivity contribution in [2.45, 2.75) is 0 Å². The van der Waals surface area contributed by atoms with Crippen molar-refractivity contribution in [3.63, 3.8) is 0 Å². The fourth-order valence-corrected chi connectivity index (χ4v) is 1.23. The highest BCUT2D eigenvalue weighted by Gasteiger charge is 2.05. The summed E-state index contributed by atoms with van der Waals surface area (Å²) in [5, 5.41) is 4.67. The summed E-state index contributed by atoms with van der Waals surface area (Å²) in [7, 11) is 1.75. The lowest BCUT2D eigenvalue weighted by atomic mass is 10.2. The van der Waals surface area contributed by atoms with Crippen LogP contribution in [0.25, 0.3) is 10.9 Å². The average Bonchev–Trinajstić information content (AvgIpc) is 2.29. The first kappa shape index (κ1) is 9.80. The second kappa shape index (κ2) is 3.22. The van der Waals surface area contributed by atoms with Gasteiger partial charge in [-0.3, -0.25) is 4.68 Å². The summed E-state index contributed by atoms with van der Waals surface area (Å²) in [6.07, 6.45) is 1.73. The molecular formula is C8H9ClFN3. The smallest absolute Gasteiger partial charge is 0.153 e. The van der Waals surface area contributed by atoms with Gasteiger partial charge in [0.15, 0.2) is 5.82 Å². The lowest BCUT2D eigenvalue weighted by Crippen LogP contribution is -1.88. The van der Waals surface area contributed by atoms with Crippen LogP contribution in [0.5, 0.6) is 0 Å². The van der Waals surface area contributed by atoms with Gasteiger partial charge in [-0.1, -0.05) is 0 Å². The number of nitrogens with two attached hydrogens (primary N) is 1. The van der Waals surface area contributed by atoms with Crippen molar-refractivity contribution in [1.29, 1.82) is 0 Å². The Morgan fingerprint density at radius 1 is 1.46 bits per heavy atom. The van der Waals surface area contributed by atoms with E-state index in [2.05, 4.69) is 5.10 Å². The maximum absolute atomic E-state index is 13.1. The lowest BCUT2D eigenvalue weighted by molar-refractivity contribution is 0.633. The van der Waals surface area contributed by atoms with Gasteiger partial charge in [0, 0.05) is 24.3 Å². The highest BCUT2D eigenvalue weighted by Crippen LogP contribution is 2.18. The van der Waals surface area contributed by atoms with Gasteiger partial charge < -0.3 is 5.73 Å². The van der Waals surface area contributed by atoms with Gasteiger partial charge in [-0.15, -0.1) is 12.4 Å². The van der Waals surface area contributed by atoms with Gasteiger partial charge in [-0.25, -0.2) is 4.39 Å². The molecule has 2 aromatic rings. The molecule has 0 unspecified atom stereocenters. The number of anilines is 1. The number of aromatic nitrogens is 2. The van der Waals surface area contributed by atoms with E-state index in [1.165, 1.54) is 6.07 Å². The van der Waals surface area contributed by atoms with Crippen LogP contribution in [0, 0.1) is 5.82 Å². The Labute approximate surface area is 80.7 Å². The summed E-state index contributed by atoms with van der Waals surface area (Å²) >= 11 is 0. The summed E-state index contributed by atoms with van der Waals surface area (Å²) in [5.41, 5.74) is 6.25. The van der Waals surface area contributed by atoms with Crippen molar-refractivity contribution >= 4 is 29.0 Å². The molecule has 1 aromatic carbocycles. The van der Waals surface area contributed by atoms with Crippen molar-refractivity contribution < 1.29 is 4.39 Å². The molecule has 0 atom stereocenters. The molecule has 0 bridgehead atoms. The molecule has 2 N–H and O–H groups in total. The van der Waals surface area contributed by atoms with Crippen LogP contribution < -0.4 is 5.73 Å². The molecule has 1 heterocycles. The van der Waals surface area contributed by atoms with Crippen molar-refractivity contribution in [2.75, 3.05) is 5.73 Å². The number of fused-ring (bicyclic) bond motifs is 1. The molecule has 13 heavy (non-hydrogen) atoms. The molecule has 0 fully saturated rings. The molecule has 70 valence electrons. The van der Waals surface area contributed by atoms with E-state index in [0.29, 0.717) is 11.2 Å². The first-order valence-corrected chi connectivity index (χ1v) is 3.55. The van der Waals surface area contributed by atoms with E-state index in [1.54, 1.807) is 24.0 Å². The number of halogens is 2. The number of hydrogen-bond donors (Lipinski definition) is 1. The fourth-order valence-electron chi connectivity index (χ4n) is 1.23. The zero-order valence-corrected chi connectivity index (χ0v) is 7.81. The number of nitrogens with zero attached hydrogens (tertiary/aromatic N) is 2. The average molecular weight is 202 g/mol. The zero-order chi connectivity index (χ0) is 8.72. The monoisotopic (exact) mass is 201 g/mol. The Hall–Kier alpha value is -1.29. The topological polar surface area (TPSA) is 43.8 Å². The van der Waals surface area contributed by atoms with Gasteiger partial charge in [-0.2, -0.15) is 5.10 Å². The molecule has 0 aliphatic heterocycles. The van der Waals surface area contributed by atoms with Crippen molar-refractivity contribution in [3.05, 3.63) is 24.1 Å². The van der Waals surface area contributed by atoms with Gasteiger partial charge in [0.2, 0.25) is 0 Å². The van der Waals surface area contributed by atoms with Crippen LogP contribution in [0.15, 0.2) is 18.3 Å². The molecule has 0 aliphatic rings. The molecule has 0 amide bonds. The number of hydrogen-bond acceptors (Lipinski definition) is 2. The molecule has 0 aliphatic carbocycles. The minimum Gasteiger partial charge on any atom is -0.399 e. The van der Waals surface area contributed by atoms with Gasteiger partial charge in [0.1, 0.15) is 5.52 Å². The van der Waals surface area contributed by atoms with E-state index in [-0.39, 0.29) is 18.2 Å². The number of benzene rings is 1. The third-order valence-electron chi connectivity index (χ3n) is 1.70. The van der Waals surface area contributed by atoms with Crippen LogP contribution >= 0.6 is 12.4 Å². The molecule has 0 saturated heterocycles. The fraction of sp³-hybridized carbons (Fsp3) is 0.125. The summed E-state index contributed by atoms with van der Waals surface area (Å²) in [6, 6.07) is 2.97. The van der Waals surface area contributed by atoms with Gasteiger partial charge >= 0.3 is 0 Å². The summed E-state index contributed by atoms with van der Waals surface area (Å²) < 4.78 is 14.7. The second-order valence-electron chi connectivity index (χ2n) is 2.74. The predicted octanol–water partition coefficient (Wildman–Crippen LogP) is 1.72. The molecule has 5 heteroatoms. The Morgan fingerprint density at radius 2 is 2.15 bits per heavy atom. The largest absolute Gasteiger partial charge is 0.399 e. The maximum atomic E-state index is 13.1. The molecule has 3 nitrogen and oxygen atoms in total. The van der Waals surface area contributed by atoms with Crippen LogP contribution in [0.3, 0.4) is 0 Å². The third-order valence-corrected chi connectivity index (χ3v) is 1.70. The zero-order valence-electron chi connectivity index (χ0n) is 6.99. The Kier molecular flexibility index (Phi) is 2.43. The highest BCUT2D eigenvalue weighted by molar-refractivity contribution is 5.85. The van der Waals surface area contributed by atoms with Crippen LogP contribution in [-0.4, -0.2) is 9.78 Å². The van der Waals surface area contributed by atoms with E-state index in [9.17, 15) is 4.39 Å². The minimum absolute atomic E-state index is 0. The molecule has 1 aromatic heterocycles. The maximum Gasteiger partial charge on any atom is 0.153 e. The quantitative estimate of drug-likeness (QED) is 0.660. The molecule has 0 saturated carbocycles. The first-order valence-electron chi connectivity index (χ1n) is 3.55. The predicted molar refractivity (Wildman–Crippen MR) is 52.3 cm³/mol. The van der Waals surface area contributed by atoms with Crippen molar-refractivity contribution in [1.82, 2.24) is 9.78 Å². The molecular weight excluding hydrogens is 193 g/mol. The Balaban J connectivity index is 0.000000845.